The van der Waals surface area contributed by atoms with E-state index in [1.807, 2.05) is 51.1 Å². The number of amides is 2. The van der Waals surface area contributed by atoms with Gasteiger partial charge in [-0.05, 0) is 30.1 Å². The van der Waals surface area contributed by atoms with Gasteiger partial charge in [-0.3, -0.25) is 9.59 Å². The number of carbonyl (C=O) groups is 3. The Bertz CT molecular complexity index is 1210. The lowest BCUT2D eigenvalue weighted by molar-refractivity contribution is -0.137. The lowest BCUT2D eigenvalue weighted by Crippen LogP contribution is -2.42. The number of rotatable bonds is 9. The summed E-state index contributed by atoms with van der Waals surface area (Å²) in [6.45, 7) is 6.96. The second-order valence-electron chi connectivity index (χ2n) is 9.06. The molecule has 35 heavy (non-hydrogen) atoms. The van der Waals surface area contributed by atoms with Crippen LogP contribution in [-0.4, -0.2) is 40.6 Å². The van der Waals surface area contributed by atoms with E-state index in [1.165, 1.54) is 0 Å². The zero-order chi connectivity index (χ0) is 25.4. The van der Waals surface area contributed by atoms with E-state index in [0.29, 0.717) is 5.57 Å². The number of alkyl carbamates (subject to hydrolysis) is 1. The molecule has 3 rings (SSSR count). The molecule has 2 atom stereocenters. The lowest BCUT2D eigenvalue weighted by Gasteiger charge is -2.29. The van der Waals surface area contributed by atoms with E-state index in [4.69, 9.17) is 9.15 Å². The largest absolute Gasteiger partial charge is 0.445 e. The van der Waals surface area contributed by atoms with Gasteiger partial charge in [-0.1, -0.05) is 68.6 Å². The number of benzene rings is 1. The van der Waals surface area contributed by atoms with Gasteiger partial charge in [0.2, 0.25) is 11.7 Å². The minimum Gasteiger partial charge on any atom is -0.445 e. The molecular formula is C26H28N4O5. The van der Waals surface area contributed by atoms with Crippen LogP contribution >= 0.6 is 0 Å². The molecule has 2 N–H and O–H groups in total. The van der Waals surface area contributed by atoms with Crippen molar-refractivity contribution < 1.29 is 23.5 Å². The summed E-state index contributed by atoms with van der Waals surface area (Å²) in [6.07, 6.45) is 3.97. The van der Waals surface area contributed by atoms with Gasteiger partial charge in [0.15, 0.2) is 0 Å². The molecule has 1 aliphatic carbocycles. The van der Waals surface area contributed by atoms with Crippen molar-refractivity contribution in [3.05, 3.63) is 77.4 Å². The Morgan fingerprint density at radius 3 is 2.54 bits per heavy atom. The van der Waals surface area contributed by atoms with Crippen LogP contribution in [0.3, 0.4) is 0 Å². The number of hydrogen-bond donors (Lipinski definition) is 2. The number of hydrogen-bond acceptors (Lipinski definition) is 7. The second kappa shape index (κ2) is 11.3. The second-order valence-corrected chi connectivity index (χ2v) is 9.06. The molecule has 9 heteroatoms. The molecule has 1 aliphatic rings. The molecule has 0 fully saturated rings. The standard InChI is InChI=1S/C26H28N4O5/c1-17(18-11-7-5-8-12-18)28-23(32)20(31)16-27-25(33)34-21(26(2,3)4)15-22-29-30-24(35-22)19-13-9-6-10-14-19/h5-9,11-13,17,21H,15-16H2,1-4H3,(H,27,33)(H,28,32)/t17-,21+/m1/s1. The van der Waals surface area contributed by atoms with Crippen LogP contribution in [0.15, 0.2) is 64.4 Å². The Kier molecular flexibility index (Phi) is 8.21. The summed E-state index contributed by atoms with van der Waals surface area (Å²) in [4.78, 5) is 36.8. The fraction of sp³-hybridized carbons (Fsp3) is 0.346. The molecule has 2 amide bonds. The maximum Gasteiger partial charge on any atom is 0.407 e. The predicted molar refractivity (Wildman–Crippen MR) is 128 cm³/mol. The van der Waals surface area contributed by atoms with E-state index in [1.54, 1.807) is 25.2 Å². The Morgan fingerprint density at radius 2 is 1.89 bits per heavy atom. The summed E-state index contributed by atoms with van der Waals surface area (Å²) in [5, 5.41) is 13.0. The summed E-state index contributed by atoms with van der Waals surface area (Å²) >= 11 is 0. The molecular weight excluding hydrogens is 448 g/mol. The van der Waals surface area contributed by atoms with Crippen LogP contribution < -0.4 is 10.6 Å². The molecule has 1 aromatic carbocycles. The molecule has 1 aromatic heterocycles. The maximum atomic E-state index is 12.4. The smallest absolute Gasteiger partial charge is 0.407 e. The minimum absolute atomic E-state index is 0.170. The number of ether oxygens (including phenoxy) is 1. The fourth-order valence-electron chi connectivity index (χ4n) is 3.11. The van der Waals surface area contributed by atoms with Crippen molar-refractivity contribution in [1.82, 2.24) is 20.8 Å². The molecule has 2 aromatic rings. The topological polar surface area (TPSA) is 123 Å². The zero-order valence-corrected chi connectivity index (χ0v) is 20.1. The maximum absolute atomic E-state index is 12.4. The van der Waals surface area contributed by atoms with E-state index in [-0.39, 0.29) is 24.2 Å². The highest BCUT2D eigenvalue weighted by Gasteiger charge is 2.31. The number of Topliss-reactive ketones (excluding diaryl/α,β-unsaturated/α-hetero) is 1. The monoisotopic (exact) mass is 476 g/mol. The summed E-state index contributed by atoms with van der Waals surface area (Å²) < 4.78 is 11.2. The highest BCUT2D eigenvalue weighted by atomic mass is 16.6. The molecule has 0 spiro atoms. The average Bonchev–Trinajstić information content (AvgIpc) is 3.31. The molecule has 0 saturated carbocycles. The fourth-order valence-corrected chi connectivity index (χ4v) is 3.11. The third kappa shape index (κ3) is 7.40. The van der Waals surface area contributed by atoms with Crippen molar-refractivity contribution in [2.24, 2.45) is 5.41 Å². The quantitative estimate of drug-likeness (QED) is 0.420. The van der Waals surface area contributed by atoms with Crippen molar-refractivity contribution in [2.45, 2.75) is 46.3 Å². The zero-order valence-electron chi connectivity index (χ0n) is 20.1. The van der Waals surface area contributed by atoms with Crippen molar-refractivity contribution >= 4 is 23.4 Å². The Balaban J connectivity index is 1.53. The van der Waals surface area contributed by atoms with E-state index in [2.05, 4.69) is 32.3 Å². The van der Waals surface area contributed by atoms with Crippen LogP contribution in [0.4, 0.5) is 4.79 Å². The van der Waals surface area contributed by atoms with Crippen LogP contribution in [0.2, 0.25) is 0 Å². The lowest BCUT2D eigenvalue weighted by atomic mass is 9.87. The molecule has 0 radical (unpaired) electrons. The number of aromatic nitrogens is 2. The Labute approximate surface area is 203 Å². The van der Waals surface area contributed by atoms with Gasteiger partial charge in [0.1, 0.15) is 6.10 Å². The van der Waals surface area contributed by atoms with Crippen molar-refractivity contribution in [3.8, 4) is 0 Å². The molecule has 0 aliphatic heterocycles. The molecule has 182 valence electrons. The van der Waals surface area contributed by atoms with Gasteiger partial charge in [0.05, 0.1) is 24.6 Å². The van der Waals surface area contributed by atoms with Gasteiger partial charge in [-0.2, -0.15) is 0 Å². The van der Waals surface area contributed by atoms with Gasteiger partial charge in [0, 0.05) is 0 Å². The minimum atomic E-state index is -0.826. The van der Waals surface area contributed by atoms with Gasteiger partial charge in [-0.15, -0.1) is 10.2 Å². The molecule has 1 heterocycles. The first kappa shape index (κ1) is 25.4. The third-order valence-electron chi connectivity index (χ3n) is 5.22. The highest BCUT2D eigenvalue weighted by Crippen LogP contribution is 2.26. The van der Waals surface area contributed by atoms with Gasteiger partial charge in [-0.25, -0.2) is 4.79 Å². The van der Waals surface area contributed by atoms with Gasteiger partial charge >= 0.3 is 6.09 Å². The number of nitrogens with zero attached hydrogens (tertiary/aromatic N) is 2. The first-order chi connectivity index (χ1) is 16.6. The SMILES string of the molecule is C[C@@H](NC(=O)C(=O)CNC(=O)O[C@@H](Cc1nnc(C2=C=C=CC=C2)o1)C(C)(C)C)c1ccccc1. The normalized spacial score (nSPS) is 14.1. The molecule has 0 unspecified atom stereocenters. The molecule has 9 nitrogen and oxygen atoms in total. The summed E-state index contributed by atoms with van der Waals surface area (Å²) in [5.41, 5.74) is 6.72. The van der Waals surface area contributed by atoms with Gasteiger partial charge in [0.25, 0.3) is 11.8 Å². The first-order valence-electron chi connectivity index (χ1n) is 11.2. The Morgan fingerprint density at radius 1 is 1.14 bits per heavy atom. The van der Waals surface area contributed by atoms with Crippen molar-refractivity contribution in [3.63, 3.8) is 0 Å². The van der Waals surface area contributed by atoms with E-state index >= 15 is 0 Å². The number of allylic oxidation sites excluding steroid dienone is 4. The number of nitrogens with one attached hydrogen (secondary N) is 2. The van der Waals surface area contributed by atoms with E-state index in [0.717, 1.165) is 5.56 Å². The average molecular weight is 477 g/mol. The van der Waals surface area contributed by atoms with Crippen LogP contribution in [0.5, 0.6) is 0 Å². The van der Waals surface area contributed by atoms with Crippen molar-refractivity contribution in [2.75, 3.05) is 6.54 Å². The summed E-state index contributed by atoms with van der Waals surface area (Å²) in [7, 11) is 0. The Hall–Kier alpha value is -4.19. The van der Waals surface area contributed by atoms with Crippen LogP contribution in [0.25, 0.3) is 5.57 Å². The van der Waals surface area contributed by atoms with Crippen molar-refractivity contribution in [1.29, 1.82) is 0 Å². The summed E-state index contributed by atoms with van der Waals surface area (Å²) in [6, 6.07) is 8.90. The molecule has 0 bridgehead atoms. The number of ketones is 1. The van der Waals surface area contributed by atoms with Crippen LogP contribution in [0, 0.1) is 5.41 Å². The summed E-state index contributed by atoms with van der Waals surface area (Å²) in [5.74, 6) is -0.998. The highest BCUT2D eigenvalue weighted by molar-refractivity contribution is 6.37. The van der Waals surface area contributed by atoms with Crippen LogP contribution in [-0.2, 0) is 20.7 Å². The third-order valence-corrected chi connectivity index (χ3v) is 5.22. The van der Waals surface area contributed by atoms with Crippen LogP contribution in [0.1, 0.15) is 51.1 Å². The molecule has 0 saturated heterocycles. The predicted octanol–water partition coefficient (Wildman–Crippen LogP) is 3.46. The first-order valence-corrected chi connectivity index (χ1v) is 11.2. The van der Waals surface area contributed by atoms with E-state index < -0.39 is 35.8 Å². The van der Waals surface area contributed by atoms with E-state index in [9.17, 15) is 14.4 Å². The number of carbonyl (C=O) groups excluding carboxylic acids is 3. The van der Waals surface area contributed by atoms with Gasteiger partial charge < -0.3 is 19.8 Å².